The van der Waals surface area contributed by atoms with Crippen LogP contribution in [-0.4, -0.2) is 17.3 Å². The molecular formula is C14H17N3O2. The van der Waals surface area contributed by atoms with Gasteiger partial charge < -0.3 is 15.0 Å². The fourth-order valence-corrected chi connectivity index (χ4v) is 2.28. The topological polar surface area (TPSA) is 74.2 Å². The van der Waals surface area contributed by atoms with E-state index in [0.717, 1.165) is 36.1 Å². The quantitative estimate of drug-likeness (QED) is 0.916. The number of methoxy groups -OCH3 is 1. The van der Waals surface area contributed by atoms with Crippen molar-refractivity contribution in [3.05, 3.63) is 29.6 Å². The van der Waals surface area contributed by atoms with Crippen molar-refractivity contribution in [2.24, 2.45) is 5.73 Å². The number of benzene rings is 1. The van der Waals surface area contributed by atoms with Gasteiger partial charge in [-0.1, -0.05) is 11.2 Å². The molecule has 1 aromatic carbocycles. The van der Waals surface area contributed by atoms with Gasteiger partial charge in [-0.15, -0.1) is 0 Å². The van der Waals surface area contributed by atoms with Crippen molar-refractivity contribution in [2.45, 2.75) is 31.7 Å². The summed E-state index contributed by atoms with van der Waals surface area (Å²) in [6.07, 6.45) is 2.96. The van der Waals surface area contributed by atoms with Gasteiger partial charge in [-0.05, 0) is 43.9 Å². The molecule has 1 saturated carbocycles. The summed E-state index contributed by atoms with van der Waals surface area (Å²) in [4.78, 5) is 4.42. The number of aryl methyl sites for hydroxylation is 1. The van der Waals surface area contributed by atoms with Crippen molar-refractivity contribution in [1.82, 2.24) is 10.1 Å². The standard InChI is InChI=1S/C14H17N3O2/c1-9-4-5-10(8-11(9)18-2)12-16-13(17-19-12)14(15)6-3-7-14/h4-5,8H,3,6-7,15H2,1-2H3. The Balaban J connectivity index is 1.94. The van der Waals surface area contributed by atoms with E-state index in [4.69, 9.17) is 15.0 Å². The maximum atomic E-state index is 6.19. The highest BCUT2D eigenvalue weighted by molar-refractivity contribution is 5.57. The van der Waals surface area contributed by atoms with Crippen LogP contribution in [0, 0.1) is 6.92 Å². The van der Waals surface area contributed by atoms with Gasteiger partial charge in [0.2, 0.25) is 0 Å². The summed E-state index contributed by atoms with van der Waals surface area (Å²) in [5.41, 5.74) is 7.71. The maximum Gasteiger partial charge on any atom is 0.258 e. The highest BCUT2D eigenvalue weighted by Crippen LogP contribution is 2.37. The molecule has 0 bridgehead atoms. The lowest BCUT2D eigenvalue weighted by Crippen LogP contribution is -2.44. The fraction of sp³-hybridized carbons (Fsp3) is 0.429. The average Bonchev–Trinajstić information content (AvgIpc) is 2.86. The lowest BCUT2D eigenvalue weighted by Gasteiger charge is -2.34. The van der Waals surface area contributed by atoms with Gasteiger partial charge in [0.15, 0.2) is 5.82 Å². The predicted octanol–water partition coefficient (Wildman–Crippen LogP) is 2.39. The maximum absolute atomic E-state index is 6.19. The first-order chi connectivity index (χ1) is 9.12. The molecule has 1 aliphatic rings. The summed E-state index contributed by atoms with van der Waals surface area (Å²) >= 11 is 0. The fourth-order valence-electron chi connectivity index (χ4n) is 2.28. The van der Waals surface area contributed by atoms with Gasteiger partial charge in [0.1, 0.15) is 5.75 Å². The first-order valence-electron chi connectivity index (χ1n) is 6.40. The van der Waals surface area contributed by atoms with E-state index in [1.165, 1.54) is 0 Å². The van der Waals surface area contributed by atoms with Crippen LogP contribution in [0.25, 0.3) is 11.5 Å². The van der Waals surface area contributed by atoms with Crippen LogP contribution >= 0.6 is 0 Å². The van der Waals surface area contributed by atoms with Crippen molar-refractivity contribution in [3.8, 4) is 17.2 Å². The third kappa shape index (κ3) is 2.00. The smallest absolute Gasteiger partial charge is 0.258 e. The molecule has 1 heterocycles. The van der Waals surface area contributed by atoms with Crippen LogP contribution in [0.5, 0.6) is 5.75 Å². The van der Waals surface area contributed by atoms with Crippen molar-refractivity contribution in [2.75, 3.05) is 7.11 Å². The Hall–Kier alpha value is -1.88. The Morgan fingerprint density at radius 3 is 2.79 bits per heavy atom. The molecule has 0 radical (unpaired) electrons. The van der Waals surface area contributed by atoms with Crippen molar-refractivity contribution in [1.29, 1.82) is 0 Å². The summed E-state index contributed by atoms with van der Waals surface area (Å²) in [6, 6.07) is 5.81. The first-order valence-corrected chi connectivity index (χ1v) is 6.40. The second-order valence-corrected chi connectivity index (χ2v) is 5.12. The van der Waals surface area contributed by atoms with E-state index in [1.807, 2.05) is 25.1 Å². The molecule has 0 atom stereocenters. The van der Waals surface area contributed by atoms with Crippen LogP contribution in [0.15, 0.2) is 22.7 Å². The molecule has 1 fully saturated rings. The Bertz CT molecular complexity index is 602. The van der Waals surface area contributed by atoms with E-state index in [1.54, 1.807) is 7.11 Å². The van der Waals surface area contributed by atoms with Gasteiger partial charge in [0, 0.05) is 5.56 Å². The minimum atomic E-state index is -0.392. The van der Waals surface area contributed by atoms with E-state index in [0.29, 0.717) is 11.7 Å². The lowest BCUT2D eigenvalue weighted by atomic mass is 9.77. The molecule has 0 aliphatic heterocycles. The van der Waals surface area contributed by atoms with Crippen molar-refractivity contribution in [3.63, 3.8) is 0 Å². The molecule has 5 nitrogen and oxygen atoms in total. The van der Waals surface area contributed by atoms with Gasteiger partial charge in [-0.3, -0.25) is 0 Å². The summed E-state index contributed by atoms with van der Waals surface area (Å²) in [6.45, 7) is 1.99. The largest absolute Gasteiger partial charge is 0.496 e. The first kappa shape index (κ1) is 12.2. The van der Waals surface area contributed by atoms with E-state index in [9.17, 15) is 0 Å². The zero-order chi connectivity index (χ0) is 13.5. The second kappa shape index (κ2) is 4.35. The average molecular weight is 259 g/mol. The van der Waals surface area contributed by atoms with Crippen LogP contribution < -0.4 is 10.5 Å². The molecular weight excluding hydrogens is 242 g/mol. The number of hydrogen-bond acceptors (Lipinski definition) is 5. The normalized spacial score (nSPS) is 17.0. The monoisotopic (exact) mass is 259 g/mol. The Morgan fingerprint density at radius 1 is 1.37 bits per heavy atom. The number of nitrogens with zero attached hydrogens (tertiary/aromatic N) is 2. The van der Waals surface area contributed by atoms with Crippen molar-refractivity contribution >= 4 is 0 Å². The third-order valence-corrected chi connectivity index (χ3v) is 3.77. The molecule has 0 unspecified atom stereocenters. The Kier molecular flexibility index (Phi) is 2.78. The van der Waals surface area contributed by atoms with E-state index in [-0.39, 0.29) is 0 Å². The molecule has 3 rings (SSSR count). The van der Waals surface area contributed by atoms with Crippen LogP contribution in [-0.2, 0) is 5.54 Å². The van der Waals surface area contributed by atoms with Crippen molar-refractivity contribution < 1.29 is 9.26 Å². The van der Waals surface area contributed by atoms with E-state index >= 15 is 0 Å². The molecule has 1 aromatic heterocycles. The number of hydrogen-bond donors (Lipinski definition) is 1. The Morgan fingerprint density at radius 2 is 2.16 bits per heavy atom. The van der Waals surface area contributed by atoms with Gasteiger partial charge in [-0.25, -0.2) is 0 Å². The summed E-state index contributed by atoms with van der Waals surface area (Å²) in [5, 5.41) is 4.01. The SMILES string of the molecule is COc1cc(-c2nc(C3(N)CCC3)no2)ccc1C. The highest BCUT2D eigenvalue weighted by Gasteiger charge is 2.39. The predicted molar refractivity (Wildman–Crippen MR) is 70.7 cm³/mol. The van der Waals surface area contributed by atoms with Gasteiger partial charge in [-0.2, -0.15) is 4.98 Å². The molecule has 0 saturated heterocycles. The number of rotatable bonds is 3. The molecule has 0 spiro atoms. The second-order valence-electron chi connectivity index (χ2n) is 5.12. The highest BCUT2D eigenvalue weighted by atomic mass is 16.5. The van der Waals surface area contributed by atoms with Crippen LogP contribution in [0.3, 0.4) is 0 Å². The molecule has 0 amide bonds. The van der Waals surface area contributed by atoms with Gasteiger partial charge >= 0.3 is 0 Å². The molecule has 100 valence electrons. The lowest BCUT2D eigenvalue weighted by molar-refractivity contribution is 0.229. The van der Waals surface area contributed by atoms with E-state index < -0.39 is 5.54 Å². The van der Waals surface area contributed by atoms with Crippen LogP contribution in [0.2, 0.25) is 0 Å². The summed E-state index contributed by atoms with van der Waals surface area (Å²) < 4.78 is 10.6. The minimum Gasteiger partial charge on any atom is -0.496 e. The van der Waals surface area contributed by atoms with Crippen LogP contribution in [0.1, 0.15) is 30.7 Å². The zero-order valence-corrected chi connectivity index (χ0v) is 11.1. The van der Waals surface area contributed by atoms with Gasteiger partial charge in [0.25, 0.3) is 5.89 Å². The Labute approximate surface area is 111 Å². The van der Waals surface area contributed by atoms with Crippen LogP contribution in [0.4, 0.5) is 0 Å². The van der Waals surface area contributed by atoms with Gasteiger partial charge in [0.05, 0.1) is 12.6 Å². The third-order valence-electron chi connectivity index (χ3n) is 3.77. The molecule has 2 N–H and O–H groups in total. The minimum absolute atomic E-state index is 0.392. The van der Waals surface area contributed by atoms with E-state index in [2.05, 4.69) is 10.1 Å². The number of ether oxygens (including phenoxy) is 1. The number of nitrogens with two attached hydrogens (primary N) is 1. The summed E-state index contributed by atoms with van der Waals surface area (Å²) in [7, 11) is 1.65. The zero-order valence-electron chi connectivity index (χ0n) is 11.1. The molecule has 19 heavy (non-hydrogen) atoms. The molecule has 1 aliphatic carbocycles. The molecule has 2 aromatic rings. The molecule has 5 heteroatoms. The number of aromatic nitrogens is 2. The summed E-state index contributed by atoms with van der Waals surface area (Å²) in [5.74, 6) is 1.90.